The summed E-state index contributed by atoms with van der Waals surface area (Å²) in [6.45, 7) is 6.75. The molecule has 0 bridgehead atoms. The van der Waals surface area contributed by atoms with Crippen LogP contribution in [-0.4, -0.2) is 5.91 Å². The normalized spacial score (nSPS) is 12.9. The molecule has 33 heavy (non-hydrogen) atoms. The molecular formula is C29H31NO3. The number of furan rings is 1. The Labute approximate surface area is 195 Å². The third-order valence-corrected chi connectivity index (χ3v) is 6.24. The highest BCUT2D eigenvalue weighted by atomic mass is 16.5. The Hall–Kier alpha value is -3.53. The van der Waals surface area contributed by atoms with Gasteiger partial charge in [-0.3, -0.25) is 4.79 Å². The lowest BCUT2D eigenvalue weighted by Gasteiger charge is -2.18. The molecule has 0 aliphatic heterocycles. The van der Waals surface area contributed by atoms with Crippen LogP contribution in [0.3, 0.4) is 0 Å². The van der Waals surface area contributed by atoms with Crippen molar-refractivity contribution < 1.29 is 13.9 Å². The van der Waals surface area contributed by atoms with Gasteiger partial charge in [0.2, 0.25) is 0 Å². The minimum absolute atomic E-state index is 0.0658. The van der Waals surface area contributed by atoms with Gasteiger partial charge in [0.05, 0.1) is 6.04 Å². The van der Waals surface area contributed by atoms with E-state index < -0.39 is 0 Å². The second-order valence-corrected chi connectivity index (χ2v) is 8.44. The van der Waals surface area contributed by atoms with E-state index in [-0.39, 0.29) is 18.6 Å². The first kappa shape index (κ1) is 22.7. The Morgan fingerprint density at radius 1 is 0.879 bits per heavy atom. The molecule has 0 aliphatic rings. The molecule has 3 aromatic carbocycles. The predicted molar refractivity (Wildman–Crippen MR) is 133 cm³/mol. The molecule has 0 aliphatic carbocycles. The zero-order valence-electron chi connectivity index (χ0n) is 19.5. The number of benzene rings is 3. The summed E-state index contributed by atoms with van der Waals surface area (Å²) in [6.07, 6.45) is 1.91. The molecule has 170 valence electrons. The fourth-order valence-corrected chi connectivity index (χ4v) is 3.99. The average molecular weight is 442 g/mol. The van der Waals surface area contributed by atoms with Gasteiger partial charge in [0.1, 0.15) is 18.1 Å². The van der Waals surface area contributed by atoms with E-state index in [2.05, 4.69) is 62.5 Å². The highest BCUT2D eigenvalue weighted by Gasteiger charge is 2.18. The molecule has 4 heteroatoms. The van der Waals surface area contributed by atoms with Crippen LogP contribution in [0.2, 0.25) is 0 Å². The van der Waals surface area contributed by atoms with Crippen LogP contribution < -0.4 is 10.1 Å². The second kappa shape index (κ2) is 10.4. The maximum absolute atomic E-state index is 12.8. The number of rotatable bonds is 9. The number of fused-ring (bicyclic) bond motifs is 1. The van der Waals surface area contributed by atoms with Crippen molar-refractivity contribution in [2.75, 3.05) is 0 Å². The third kappa shape index (κ3) is 5.28. The third-order valence-electron chi connectivity index (χ3n) is 6.24. The monoisotopic (exact) mass is 441 g/mol. The van der Waals surface area contributed by atoms with Crippen LogP contribution in [0.1, 0.15) is 73.0 Å². The van der Waals surface area contributed by atoms with Crippen molar-refractivity contribution >= 4 is 16.7 Å². The first-order valence-corrected chi connectivity index (χ1v) is 11.7. The van der Waals surface area contributed by atoms with Crippen LogP contribution in [0, 0.1) is 0 Å². The first-order valence-electron chi connectivity index (χ1n) is 11.7. The van der Waals surface area contributed by atoms with E-state index >= 15 is 0 Å². The summed E-state index contributed by atoms with van der Waals surface area (Å²) in [5, 5.41) is 5.27. The number of carbonyl (C=O) groups is 1. The Morgan fingerprint density at radius 2 is 1.61 bits per heavy atom. The number of nitrogens with one attached hydrogen (secondary N) is 1. The van der Waals surface area contributed by atoms with E-state index in [1.54, 1.807) is 12.1 Å². The average Bonchev–Trinajstić information content (AvgIpc) is 3.35. The van der Waals surface area contributed by atoms with E-state index in [1.807, 2.05) is 30.3 Å². The smallest absolute Gasteiger partial charge is 0.287 e. The van der Waals surface area contributed by atoms with Gasteiger partial charge in [0.15, 0.2) is 5.76 Å². The van der Waals surface area contributed by atoms with Crippen molar-refractivity contribution in [3.05, 3.63) is 102 Å². The minimum atomic E-state index is -0.218. The van der Waals surface area contributed by atoms with Gasteiger partial charge >= 0.3 is 0 Å². The molecule has 0 fully saturated rings. The highest BCUT2D eigenvalue weighted by Crippen LogP contribution is 2.27. The van der Waals surface area contributed by atoms with E-state index in [1.165, 1.54) is 5.56 Å². The van der Waals surface area contributed by atoms with E-state index in [4.69, 9.17) is 9.15 Å². The molecule has 0 saturated heterocycles. The fourth-order valence-electron chi connectivity index (χ4n) is 3.99. The molecular weight excluding hydrogens is 410 g/mol. The SMILES string of the molecule is CCC(C)c1ccc(C(CC)NC(=O)c2ccc(COc3cccc4ccccc34)o2)cc1. The maximum Gasteiger partial charge on any atom is 0.287 e. The summed E-state index contributed by atoms with van der Waals surface area (Å²) in [6, 6.07) is 26.0. The largest absolute Gasteiger partial charge is 0.485 e. The molecule has 4 rings (SSSR count). The molecule has 2 atom stereocenters. The van der Waals surface area contributed by atoms with E-state index in [0.29, 0.717) is 17.4 Å². The van der Waals surface area contributed by atoms with E-state index in [0.717, 1.165) is 34.9 Å². The van der Waals surface area contributed by atoms with Gasteiger partial charge in [-0.1, -0.05) is 81.4 Å². The van der Waals surface area contributed by atoms with Crippen molar-refractivity contribution in [1.29, 1.82) is 0 Å². The van der Waals surface area contributed by atoms with Crippen LogP contribution >= 0.6 is 0 Å². The number of hydrogen-bond donors (Lipinski definition) is 1. The zero-order chi connectivity index (χ0) is 23.2. The Morgan fingerprint density at radius 3 is 2.36 bits per heavy atom. The van der Waals surface area contributed by atoms with Gasteiger partial charge in [-0.15, -0.1) is 0 Å². The molecule has 2 unspecified atom stereocenters. The topological polar surface area (TPSA) is 51.5 Å². The minimum Gasteiger partial charge on any atom is -0.485 e. The molecule has 4 nitrogen and oxygen atoms in total. The van der Waals surface area contributed by atoms with Crippen LogP contribution in [0.4, 0.5) is 0 Å². The van der Waals surface area contributed by atoms with Crippen molar-refractivity contribution in [2.24, 2.45) is 0 Å². The Balaban J connectivity index is 1.39. The zero-order valence-corrected chi connectivity index (χ0v) is 19.5. The lowest BCUT2D eigenvalue weighted by Crippen LogP contribution is -2.27. The van der Waals surface area contributed by atoms with Gasteiger partial charge < -0.3 is 14.5 Å². The molecule has 1 N–H and O–H groups in total. The first-order chi connectivity index (χ1) is 16.1. The van der Waals surface area contributed by atoms with Gasteiger partial charge in [-0.25, -0.2) is 0 Å². The van der Waals surface area contributed by atoms with E-state index in [9.17, 15) is 4.79 Å². The summed E-state index contributed by atoms with van der Waals surface area (Å²) in [4.78, 5) is 12.8. The van der Waals surface area contributed by atoms with Crippen molar-refractivity contribution in [1.82, 2.24) is 5.32 Å². The standard InChI is InChI=1S/C29H31NO3/c1-4-20(3)21-13-15-23(16-14-21)26(5-2)30-29(31)28-18-17-24(33-28)19-32-27-12-8-10-22-9-6-7-11-25(22)27/h6-18,20,26H,4-5,19H2,1-3H3,(H,30,31). The number of amides is 1. The number of hydrogen-bond acceptors (Lipinski definition) is 3. The van der Waals surface area contributed by atoms with Crippen LogP contribution in [0.25, 0.3) is 10.8 Å². The molecule has 4 aromatic rings. The lowest BCUT2D eigenvalue weighted by molar-refractivity contribution is 0.0903. The molecule has 0 saturated carbocycles. The Kier molecular flexibility index (Phi) is 7.13. The summed E-state index contributed by atoms with van der Waals surface area (Å²) < 4.78 is 11.8. The summed E-state index contributed by atoms with van der Waals surface area (Å²) in [5.41, 5.74) is 2.42. The summed E-state index contributed by atoms with van der Waals surface area (Å²) >= 11 is 0. The lowest BCUT2D eigenvalue weighted by atomic mass is 9.95. The fraction of sp³-hybridized carbons (Fsp3) is 0.276. The quantitative estimate of drug-likeness (QED) is 0.294. The molecule has 0 spiro atoms. The Bertz CT molecular complexity index is 1200. The second-order valence-electron chi connectivity index (χ2n) is 8.44. The van der Waals surface area contributed by atoms with Crippen LogP contribution in [-0.2, 0) is 6.61 Å². The predicted octanol–water partition coefficient (Wildman–Crippen LogP) is 7.41. The number of carbonyl (C=O) groups excluding carboxylic acids is 1. The van der Waals surface area contributed by atoms with Crippen LogP contribution in [0.5, 0.6) is 5.75 Å². The van der Waals surface area contributed by atoms with Crippen molar-refractivity contribution in [2.45, 2.75) is 52.2 Å². The molecule has 0 radical (unpaired) electrons. The van der Waals surface area contributed by atoms with Gasteiger partial charge in [0, 0.05) is 5.39 Å². The highest BCUT2D eigenvalue weighted by molar-refractivity contribution is 5.91. The van der Waals surface area contributed by atoms with Crippen LogP contribution in [0.15, 0.2) is 83.3 Å². The molecule has 1 amide bonds. The molecule has 1 heterocycles. The maximum atomic E-state index is 12.8. The van der Waals surface area contributed by atoms with Gasteiger partial charge in [0.25, 0.3) is 5.91 Å². The van der Waals surface area contributed by atoms with Gasteiger partial charge in [-0.05, 0) is 53.5 Å². The van der Waals surface area contributed by atoms with Gasteiger partial charge in [-0.2, -0.15) is 0 Å². The summed E-state index contributed by atoms with van der Waals surface area (Å²) in [7, 11) is 0. The number of ether oxygens (including phenoxy) is 1. The van der Waals surface area contributed by atoms with Crippen molar-refractivity contribution in [3.8, 4) is 5.75 Å². The van der Waals surface area contributed by atoms with Crippen molar-refractivity contribution in [3.63, 3.8) is 0 Å². The molecule has 1 aromatic heterocycles. The summed E-state index contributed by atoms with van der Waals surface area (Å²) in [5.74, 6) is 2.01.